The zero-order valence-corrected chi connectivity index (χ0v) is 10.3. The first-order chi connectivity index (χ1) is 8.08. The quantitative estimate of drug-likeness (QED) is 0.578. The highest BCUT2D eigenvalue weighted by atomic mass is 15.3. The number of piperidine rings is 1. The molecular formula is C11H18N6. The average Bonchev–Trinajstić information content (AvgIpc) is 2.33. The largest absolute Gasteiger partial charge is 0.387 e. The molecule has 1 aromatic heterocycles. The van der Waals surface area contributed by atoms with Crippen LogP contribution in [0.1, 0.15) is 24.2 Å². The molecular weight excluding hydrogens is 216 g/mol. The van der Waals surface area contributed by atoms with Crippen LogP contribution in [0.3, 0.4) is 0 Å². The lowest BCUT2D eigenvalue weighted by Crippen LogP contribution is -2.39. The van der Waals surface area contributed by atoms with E-state index in [1.165, 1.54) is 0 Å². The molecule has 0 spiro atoms. The van der Waals surface area contributed by atoms with E-state index >= 15 is 0 Å². The maximum Gasteiger partial charge on any atom is 0.245 e. The van der Waals surface area contributed by atoms with Gasteiger partial charge in [-0.15, -0.1) is 5.10 Å². The van der Waals surface area contributed by atoms with E-state index in [9.17, 15) is 0 Å². The minimum Gasteiger partial charge on any atom is -0.387 e. The van der Waals surface area contributed by atoms with Crippen molar-refractivity contribution in [2.45, 2.75) is 26.7 Å². The van der Waals surface area contributed by atoms with Gasteiger partial charge in [-0.1, -0.05) is 0 Å². The van der Waals surface area contributed by atoms with Crippen molar-refractivity contribution in [3.8, 4) is 0 Å². The minimum absolute atomic E-state index is 0.214. The predicted octanol–water partition coefficient (Wildman–Crippen LogP) is 0.641. The fourth-order valence-electron chi connectivity index (χ4n) is 1.97. The maximum atomic E-state index is 7.44. The second-order valence-corrected chi connectivity index (χ2v) is 4.50. The van der Waals surface area contributed by atoms with Crippen LogP contribution in [0.5, 0.6) is 0 Å². The molecule has 0 amide bonds. The number of hydrogen-bond acceptors (Lipinski definition) is 5. The van der Waals surface area contributed by atoms with Crippen LogP contribution >= 0.6 is 0 Å². The van der Waals surface area contributed by atoms with Crippen molar-refractivity contribution in [2.24, 2.45) is 11.7 Å². The second-order valence-electron chi connectivity index (χ2n) is 4.50. The molecule has 0 unspecified atom stereocenters. The summed E-state index contributed by atoms with van der Waals surface area (Å²) < 4.78 is 0. The molecule has 0 aromatic carbocycles. The lowest BCUT2D eigenvalue weighted by molar-refractivity contribution is 0.490. The van der Waals surface area contributed by atoms with Gasteiger partial charge in [0.25, 0.3) is 0 Å². The van der Waals surface area contributed by atoms with Crippen molar-refractivity contribution in [1.29, 1.82) is 5.41 Å². The molecule has 1 aromatic rings. The van der Waals surface area contributed by atoms with Crippen molar-refractivity contribution in [2.75, 3.05) is 18.0 Å². The topological polar surface area (TPSA) is 91.8 Å². The van der Waals surface area contributed by atoms with Crippen LogP contribution in [0.4, 0.5) is 5.95 Å². The number of nitrogens with zero attached hydrogens (tertiary/aromatic N) is 4. The van der Waals surface area contributed by atoms with Crippen LogP contribution in [-0.4, -0.2) is 34.1 Å². The van der Waals surface area contributed by atoms with Crippen molar-refractivity contribution in [3.63, 3.8) is 0 Å². The molecule has 0 atom stereocenters. The van der Waals surface area contributed by atoms with Crippen molar-refractivity contribution in [1.82, 2.24) is 15.2 Å². The summed E-state index contributed by atoms with van der Waals surface area (Å²) in [6.45, 7) is 5.53. The number of hydrogen-bond donors (Lipinski definition) is 2. The first kappa shape index (κ1) is 11.8. The summed E-state index contributed by atoms with van der Waals surface area (Å²) >= 11 is 0. The first-order valence-electron chi connectivity index (χ1n) is 5.84. The molecule has 92 valence electrons. The molecule has 6 heteroatoms. The summed E-state index contributed by atoms with van der Waals surface area (Å²) in [5, 5.41) is 15.6. The smallest absolute Gasteiger partial charge is 0.245 e. The standard InChI is InChI=1S/C11H18N6/c1-7-8(2)15-16-11(14-7)17-5-3-9(4-6-17)10(12)13/h9H,3-6H2,1-2H3,(H3,12,13). The Bertz CT molecular complexity index is 422. The number of amidine groups is 1. The van der Waals surface area contributed by atoms with E-state index in [0.717, 1.165) is 37.3 Å². The van der Waals surface area contributed by atoms with Crippen LogP contribution in [0.25, 0.3) is 0 Å². The first-order valence-corrected chi connectivity index (χ1v) is 5.84. The Kier molecular flexibility index (Phi) is 3.21. The predicted molar refractivity (Wildman–Crippen MR) is 66.2 cm³/mol. The SMILES string of the molecule is Cc1nnc(N2CCC(C(=N)N)CC2)nc1C. The molecule has 0 saturated carbocycles. The van der Waals surface area contributed by atoms with Gasteiger partial charge in [-0.05, 0) is 26.7 Å². The van der Waals surface area contributed by atoms with Gasteiger partial charge in [0.1, 0.15) is 0 Å². The Morgan fingerprint density at radius 1 is 1.24 bits per heavy atom. The summed E-state index contributed by atoms with van der Waals surface area (Å²) in [5.74, 6) is 1.20. The Morgan fingerprint density at radius 3 is 2.41 bits per heavy atom. The van der Waals surface area contributed by atoms with Crippen LogP contribution in [0, 0.1) is 25.2 Å². The van der Waals surface area contributed by atoms with E-state index in [1.54, 1.807) is 0 Å². The summed E-state index contributed by atoms with van der Waals surface area (Å²) in [6, 6.07) is 0. The summed E-state index contributed by atoms with van der Waals surface area (Å²) in [5.41, 5.74) is 7.30. The van der Waals surface area contributed by atoms with Gasteiger partial charge in [0.05, 0.1) is 17.2 Å². The zero-order chi connectivity index (χ0) is 12.4. The van der Waals surface area contributed by atoms with E-state index in [1.807, 2.05) is 13.8 Å². The fourth-order valence-corrected chi connectivity index (χ4v) is 1.97. The second kappa shape index (κ2) is 4.65. The zero-order valence-electron chi connectivity index (χ0n) is 10.3. The maximum absolute atomic E-state index is 7.44. The Balaban J connectivity index is 2.05. The van der Waals surface area contributed by atoms with Gasteiger partial charge in [0.15, 0.2) is 0 Å². The lowest BCUT2D eigenvalue weighted by Gasteiger charge is -2.31. The molecule has 1 fully saturated rings. The highest BCUT2D eigenvalue weighted by Crippen LogP contribution is 2.20. The van der Waals surface area contributed by atoms with Gasteiger partial charge < -0.3 is 10.6 Å². The molecule has 0 bridgehead atoms. The van der Waals surface area contributed by atoms with E-state index in [4.69, 9.17) is 11.1 Å². The van der Waals surface area contributed by atoms with Crippen LogP contribution in [-0.2, 0) is 0 Å². The number of nitrogens with one attached hydrogen (secondary N) is 1. The normalized spacial score (nSPS) is 17.2. The Labute approximate surface area is 101 Å². The number of aromatic nitrogens is 3. The van der Waals surface area contributed by atoms with Crippen molar-refractivity contribution < 1.29 is 0 Å². The Hall–Kier alpha value is -1.72. The van der Waals surface area contributed by atoms with E-state index in [0.29, 0.717) is 11.8 Å². The van der Waals surface area contributed by atoms with Crippen molar-refractivity contribution in [3.05, 3.63) is 11.4 Å². The Morgan fingerprint density at radius 2 is 1.88 bits per heavy atom. The van der Waals surface area contributed by atoms with Gasteiger partial charge in [-0.2, -0.15) is 5.10 Å². The summed E-state index contributed by atoms with van der Waals surface area (Å²) in [7, 11) is 0. The molecule has 3 N–H and O–H groups in total. The highest BCUT2D eigenvalue weighted by molar-refractivity contribution is 5.79. The lowest BCUT2D eigenvalue weighted by atomic mass is 9.96. The third kappa shape index (κ3) is 2.51. The number of aryl methyl sites for hydroxylation is 2. The molecule has 1 aliphatic heterocycles. The number of rotatable bonds is 2. The monoisotopic (exact) mass is 234 g/mol. The third-order valence-corrected chi connectivity index (χ3v) is 3.30. The fraction of sp³-hybridized carbons (Fsp3) is 0.636. The van der Waals surface area contributed by atoms with Gasteiger partial charge in [0.2, 0.25) is 5.95 Å². The minimum atomic E-state index is 0.214. The molecule has 17 heavy (non-hydrogen) atoms. The molecule has 2 heterocycles. The van der Waals surface area contributed by atoms with E-state index in [2.05, 4.69) is 20.1 Å². The molecule has 1 saturated heterocycles. The van der Waals surface area contributed by atoms with Gasteiger partial charge in [0, 0.05) is 19.0 Å². The van der Waals surface area contributed by atoms with Crippen LogP contribution < -0.4 is 10.6 Å². The summed E-state index contributed by atoms with van der Waals surface area (Å²) in [4.78, 5) is 6.54. The van der Waals surface area contributed by atoms with Gasteiger partial charge >= 0.3 is 0 Å². The van der Waals surface area contributed by atoms with Crippen LogP contribution in [0.15, 0.2) is 0 Å². The highest BCUT2D eigenvalue weighted by Gasteiger charge is 2.23. The number of nitrogens with two attached hydrogens (primary N) is 1. The molecule has 0 radical (unpaired) electrons. The molecule has 6 nitrogen and oxygen atoms in total. The van der Waals surface area contributed by atoms with E-state index in [-0.39, 0.29) is 5.92 Å². The van der Waals surface area contributed by atoms with Crippen molar-refractivity contribution >= 4 is 11.8 Å². The third-order valence-electron chi connectivity index (χ3n) is 3.30. The van der Waals surface area contributed by atoms with E-state index < -0.39 is 0 Å². The molecule has 2 rings (SSSR count). The molecule has 1 aliphatic rings. The molecule has 0 aliphatic carbocycles. The number of anilines is 1. The van der Waals surface area contributed by atoms with Crippen LogP contribution in [0.2, 0.25) is 0 Å². The van der Waals surface area contributed by atoms with Gasteiger partial charge in [-0.25, -0.2) is 4.98 Å². The average molecular weight is 234 g/mol. The summed E-state index contributed by atoms with van der Waals surface area (Å²) in [6.07, 6.45) is 1.79. The van der Waals surface area contributed by atoms with Gasteiger partial charge in [-0.3, -0.25) is 5.41 Å².